The molecule has 0 aromatic heterocycles. The van der Waals surface area contributed by atoms with Crippen molar-refractivity contribution in [2.75, 3.05) is 39.4 Å². The number of nitrogens with zero attached hydrogens (tertiary/aromatic N) is 1. The number of carbonyl (C=O) groups excluding carboxylic acids is 1. The lowest BCUT2D eigenvalue weighted by molar-refractivity contribution is -0.119. The first-order valence-corrected chi connectivity index (χ1v) is 7.71. The number of carbonyl (C=O) groups is 1. The molecule has 0 spiro atoms. The summed E-state index contributed by atoms with van der Waals surface area (Å²) < 4.78 is 5.48. The maximum atomic E-state index is 10.9. The molecule has 0 bridgehead atoms. The largest absolute Gasteiger partial charge is 0.379 e. The molecule has 2 unspecified atom stereocenters. The van der Waals surface area contributed by atoms with E-state index in [1.54, 1.807) is 0 Å². The van der Waals surface area contributed by atoms with E-state index in [1.165, 1.54) is 0 Å². The molecule has 2 atom stereocenters. The number of piperidine rings is 1. The van der Waals surface area contributed by atoms with Crippen LogP contribution in [0, 0.1) is 0 Å². The molecule has 0 aromatic rings. The molecular formula is C14H28N4O2. The Morgan fingerprint density at radius 1 is 1.50 bits per heavy atom. The first-order valence-electron chi connectivity index (χ1n) is 7.71. The Kier molecular flexibility index (Phi) is 6.22. The summed E-state index contributed by atoms with van der Waals surface area (Å²) in [5.74, 6) is -0.229. The molecule has 4 N–H and O–H groups in total. The summed E-state index contributed by atoms with van der Waals surface area (Å²) in [6, 6.07) is 1.52. The zero-order valence-electron chi connectivity index (χ0n) is 12.4. The number of morpholine rings is 1. The molecule has 0 radical (unpaired) electrons. The number of ether oxygens (including phenoxy) is 1. The number of rotatable bonds is 6. The van der Waals surface area contributed by atoms with Crippen molar-refractivity contribution in [1.82, 2.24) is 15.5 Å². The Morgan fingerprint density at radius 2 is 2.25 bits per heavy atom. The van der Waals surface area contributed by atoms with Crippen LogP contribution in [-0.2, 0) is 9.53 Å². The van der Waals surface area contributed by atoms with Crippen molar-refractivity contribution in [3.63, 3.8) is 0 Å². The molecule has 0 aliphatic carbocycles. The second-order valence-corrected chi connectivity index (χ2v) is 6.05. The maximum Gasteiger partial charge on any atom is 0.231 e. The average molecular weight is 284 g/mol. The van der Waals surface area contributed by atoms with Crippen LogP contribution in [0.2, 0.25) is 0 Å². The number of nitrogens with two attached hydrogens (primary N) is 1. The summed E-state index contributed by atoms with van der Waals surface area (Å²) in [5, 5.41) is 7.19. The van der Waals surface area contributed by atoms with Crippen LogP contribution in [0.3, 0.4) is 0 Å². The van der Waals surface area contributed by atoms with E-state index in [9.17, 15) is 4.79 Å². The molecule has 2 fully saturated rings. The van der Waals surface area contributed by atoms with E-state index in [-0.39, 0.29) is 5.91 Å². The number of hydrogen-bond acceptors (Lipinski definition) is 5. The summed E-state index contributed by atoms with van der Waals surface area (Å²) >= 11 is 0. The van der Waals surface area contributed by atoms with Gasteiger partial charge in [-0.1, -0.05) is 0 Å². The van der Waals surface area contributed by atoms with Crippen molar-refractivity contribution in [1.29, 1.82) is 0 Å². The second-order valence-electron chi connectivity index (χ2n) is 6.05. The number of primary amides is 1. The number of likely N-dealkylation sites (tertiary alicyclic amines) is 1. The maximum absolute atomic E-state index is 10.9. The van der Waals surface area contributed by atoms with Gasteiger partial charge in [-0.2, -0.15) is 0 Å². The monoisotopic (exact) mass is 284 g/mol. The first kappa shape index (κ1) is 15.7. The fraction of sp³-hybridized carbons (Fsp3) is 0.929. The zero-order valence-corrected chi connectivity index (χ0v) is 12.4. The van der Waals surface area contributed by atoms with Crippen LogP contribution in [0.1, 0.15) is 26.2 Å². The van der Waals surface area contributed by atoms with Crippen molar-refractivity contribution in [3.8, 4) is 0 Å². The topological polar surface area (TPSA) is 79.6 Å². The normalized spacial score (nSPS) is 27.4. The van der Waals surface area contributed by atoms with Gasteiger partial charge in [0.25, 0.3) is 0 Å². The van der Waals surface area contributed by atoms with Gasteiger partial charge in [-0.25, -0.2) is 0 Å². The molecule has 2 aliphatic heterocycles. The van der Waals surface area contributed by atoms with E-state index < -0.39 is 0 Å². The molecule has 2 rings (SSSR count). The van der Waals surface area contributed by atoms with Gasteiger partial charge in [0.1, 0.15) is 0 Å². The number of nitrogens with one attached hydrogen (secondary N) is 2. The van der Waals surface area contributed by atoms with Gasteiger partial charge in [0.15, 0.2) is 0 Å². The summed E-state index contributed by atoms with van der Waals surface area (Å²) in [5.41, 5.74) is 5.23. The Balaban J connectivity index is 1.62. The lowest BCUT2D eigenvalue weighted by Crippen LogP contribution is -2.50. The average Bonchev–Trinajstić information content (AvgIpc) is 2.41. The molecule has 0 saturated carbocycles. The molecule has 2 heterocycles. The molecule has 1 amide bonds. The van der Waals surface area contributed by atoms with E-state index in [4.69, 9.17) is 10.5 Å². The van der Waals surface area contributed by atoms with Crippen molar-refractivity contribution in [3.05, 3.63) is 0 Å². The van der Waals surface area contributed by atoms with Gasteiger partial charge in [-0.3, -0.25) is 9.69 Å². The predicted octanol–water partition coefficient (Wildman–Crippen LogP) is -0.707. The quantitative estimate of drug-likeness (QED) is 0.601. The van der Waals surface area contributed by atoms with Gasteiger partial charge in [0.05, 0.1) is 19.8 Å². The minimum atomic E-state index is -0.229. The van der Waals surface area contributed by atoms with E-state index in [2.05, 4.69) is 22.5 Å². The zero-order chi connectivity index (χ0) is 14.4. The molecule has 2 saturated heterocycles. The van der Waals surface area contributed by atoms with Gasteiger partial charge in [-0.05, 0) is 26.2 Å². The Bertz CT molecular complexity index is 300. The van der Waals surface area contributed by atoms with Gasteiger partial charge in [0, 0.05) is 37.8 Å². The molecule has 6 heteroatoms. The predicted molar refractivity (Wildman–Crippen MR) is 78.5 cm³/mol. The summed E-state index contributed by atoms with van der Waals surface area (Å²) in [7, 11) is 0. The molecule has 2 aliphatic rings. The fourth-order valence-corrected chi connectivity index (χ4v) is 3.15. The van der Waals surface area contributed by atoms with E-state index in [0.29, 0.717) is 24.7 Å². The highest BCUT2D eigenvalue weighted by molar-refractivity contribution is 5.75. The van der Waals surface area contributed by atoms with Crippen LogP contribution in [0.15, 0.2) is 0 Å². The van der Waals surface area contributed by atoms with Crippen molar-refractivity contribution in [2.24, 2.45) is 5.73 Å². The summed E-state index contributed by atoms with van der Waals surface area (Å²) in [6.45, 7) is 7.16. The lowest BCUT2D eigenvalue weighted by Gasteiger charge is -2.34. The molecule has 0 aromatic carbocycles. The van der Waals surface area contributed by atoms with Crippen LogP contribution >= 0.6 is 0 Å². The van der Waals surface area contributed by atoms with Crippen LogP contribution in [-0.4, -0.2) is 68.3 Å². The smallest absolute Gasteiger partial charge is 0.231 e. The highest BCUT2D eigenvalue weighted by Gasteiger charge is 2.23. The number of amides is 1. The standard InChI is InChI=1S/C14H28N4O2/c1-11(8-13-10-20-7-4-16-13)17-12-2-5-18(6-3-12)9-14(15)19/h11-13,16-17H,2-10H2,1H3,(H2,15,19). The first-order chi connectivity index (χ1) is 9.63. The lowest BCUT2D eigenvalue weighted by atomic mass is 10.0. The summed E-state index contributed by atoms with van der Waals surface area (Å²) in [4.78, 5) is 13.0. The van der Waals surface area contributed by atoms with Crippen LogP contribution in [0.5, 0.6) is 0 Å². The van der Waals surface area contributed by atoms with Gasteiger partial charge in [-0.15, -0.1) is 0 Å². The fourth-order valence-electron chi connectivity index (χ4n) is 3.15. The number of hydrogen-bond donors (Lipinski definition) is 3. The third-order valence-corrected chi connectivity index (χ3v) is 4.12. The third-order valence-electron chi connectivity index (χ3n) is 4.12. The van der Waals surface area contributed by atoms with Crippen molar-refractivity contribution < 1.29 is 9.53 Å². The Labute approximate surface area is 121 Å². The SMILES string of the molecule is CC(CC1COCCN1)NC1CCN(CC(N)=O)CC1. The van der Waals surface area contributed by atoms with Crippen LogP contribution in [0.25, 0.3) is 0 Å². The van der Waals surface area contributed by atoms with Crippen molar-refractivity contribution >= 4 is 5.91 Å². The van der Waals surface area contributed by atoms with Gasteiger partial charge < -0.3 is 21.1 Å². The highest BCUT2D eigenvalue weighted by Crippen LogP contribution is 2.12. The Morgan fingerprint density at radius 3 is 2.85 bits per heavy atom. The van der Waals surface area contributed by atoms with Crippen LogP contribution < -0.4 is 16.4 Å². The van der Waals surface area contributed by atoms with Gasteiger partial charge in [0.2, 0.25) is 5.91 Å². The molecule has 6 nitrogen and oxygen atoms in total. The van der Waals surface area contributed by atoms with E-state index in [1.807, 2.05) is 0 Å². The molecule has 20 heavy (non-hydrogen) atoms. The third kappa shape index (κ3) is 5.36. The van der Waals surface area contributed by atoms with Crippen LogP contribution in [0.4, 0.5) is 0 Å². The molecule has 116 valence electrons. The van der Waals surface area contributed by atoms with Crippen molar-refractivity contribution in [2.45, 2.75) is 44.3 Å². The highest BCUT2D eigenvalue weighted by atomic mass is 16.5. The Hall–Kier alpha value is -0.690. The van der Waals surface area contributed by atoms with Gasteiger partial charge >= 0.3 is 0 Å². The second kappa shape index (κ2) is 7.93. The van der Waals surface area contributed by atoms with E-state index in [0.717, 1.165) is 52.1 Å². The minimum absolute atomic E-state index is 0.229. The minimum Gasteiger partial charge on any atom is -0.379 e. The van der Waals surface area contributed by atoms with E-state index >= 15 is 0 Å². The summed E-state index contributed by atoms with van der Waals surface area (Å²) in [6.07, 6.45) is 3.28. The molecular weight excluding hydrogens is 256 g/mol.